The summed E-state index contributed by atoms with van der Waals surface area (Å²) in [6, 6.07) is 4.91. The Bertz CT molecular complexity index is 801. The Morgan fingerprint density at radius 2 is 1.85 bits per heavy atom. The molecule has 1 aromatic rings. The molecular weight excluding hydrogens is 356 g/mol. The molecule has 0 spiro atoms. The zero-order valence-corrected chi connectivity index (χ0v) is 15.7. The first-order chi connectivity index (χ1) is 12.4. The lowest BCUT2D eigenvalue weighted by atomic mass is 10.1. The molecule has 26 heavy (non-hydrogen) atoms. The van der Waals surface area contributed by atoms with Gasteiger partial charge in [-0.1, -0.05) is 6.07 Å². The number of sulfonamides is 1. The highest BCUT2D eigenvalue weighted by atomic mass is 32.2. The van der Waals surface area contributed by atoms with Crippen LogP contribution in [0.25, 0.3) is 0 Å². The van der Waals surface area contributed by atoms with E-state index in [1.807, 2.05) is 12.1 Å². The predicted octanol–water partition coefficient (Wildman–Crippen LogP) is -1.48. The number of carbonyl (C=O) groups excluding carboxylic acids is 2. The van der Waals surface area contributed by atoms with E-state index in [1.54, 1.807) is 6.07 Å². The summed E-state index contributed by atoms with van der Waals surface area (Å²) in [5, 5.41) is 4.55. The van der Waals surface area contributed by atoms with Gasteiger partial charge in [0.05, 0.1) is 31.1 Å². The van der Waals surface area contributed by atoms with Gasteiger partial charge in [-0.15, -0.1) is 0 Å². The van der Waals surface area contributed by atoms with Gasteiger partial charge in [-0.2, -0.15) is 4.31 Å². The van der Waals surface area contributed by atoms with Crippen molar-refractivity contribution in [1.82, 2.24) is 14.9 Å². The number of hydrogen-bond donors (Lipinski definition) is 3. The van der Waals surface area contributed by atoms with Crippen LogP contribution < -0.4 is 15.5 Å². The molecule has 0 unspecified atom stereocenters. The molecule has 0 atom stereocenters. The molecule has 3 amide bonds. The Morgan fingerprint density at radius 1 is 1.15 bits per heavy atom. The molecule has 142 valence electrons. The maximum atomic E-state index is 12.9. The van der Waals surface area contributed by atoms with Crippen molar-refractivity contribution < 1.29 is 22.9 Å². The zero-order chi connectivity index (χ0) is 18.7. The van der Waals surface area contributed by atoms with Gasteiger partial charge in [-0.25, -0.2) is 13.2 Å². The molecule has 1 saturated heterocycles. The normalized spacial score (nSPS) is 18.3. The van der Waals surface area contributed by atoms with Crippen molar-refractivity contribution in [2.75, 3.05) is 39.8 Å². The number of aryl methyl sites for hydroxylation is 2. The molecule has 2 aliphatic rings. The molecule has 1 aliphatic heterocycles. The highest BCUT2D eigenvalue weighted by Gasteiger charge is 2.31. The van der Waals surface area contributed by atoms with E-state index in [4.69, 9.17) is 0 Å². The van der Waals surface area contributed by atoms with Gasteiger partial charge in [0, 0.05) is 7.05 Å². The lowest BCUT2D eigenvalue weighted by Gasteiger charge is -2.31. The third-order valence-electron chi connectivity index (χ3n) is 5.03. The van der Waals surface area contributed by atoms with Crippen LogP contribution in [0.1, 0.15) is 17.5 Å². The summed E-state index contributed by atoms with van der Waals surface area (Å²) in [7, 11) is -2.06. The van der Waals surface area contributed by atoms with E-state index in [-0.39, 0.29) is 12.5 Å². The number of urea groups is 1. The predicted molar refractivity (Wildman–Crippen MR) is 95.4 cm³/mol. The molecule has 3 rings (SSSR count). The van der Waals surface area contributed by atoms with E-state index in [1.165, 1.54) is 16.9 Å². The molecule has 0 radical (unpaired) electrons. The number of hydrogen-bond acceptors (Lipinski definition) is 4. The molecule has 1 aliphatic carbocycles. The number of benzene rings is 1. The van der Waals surface area contributed by atoms with E-state index >= 15 is 0 Å². The van der Waals surface area contributed by atoms with Crippen LogP contribution in [0.2, 0.25) is 0 Å². The fraction of sp³-hybridized carbons (Fsp3) is 0.529. The molecule has 8 nitrogen and oxygen atoms in total. The van der Waals surface area contributed by atoms with Crippen LogP contribution in [0.4, 0.5) is 4.79 Å². The van der Waals surface area contributed by atoms with Crippen molar-refractivity contribution in [3.05, 3.63) is 29.3 Å². The molecule has 1 aromatic carbocycles. The Balaban J connectivity index is 1.59. The third kappa shape index (κ3) is 4.05. The summed E-state index contributed by atoms with van der Waals surface area (Å²) in [4.78, 5) is 24.2. The fourth-order valence-electron chi connectivity index (χ4n) is 3.54. The first-order valence-corrected chi connectivity index (χ1v) is 10.3. The number of rotatable bonds is 4. The summed E-state index contributed by atoms with van der Waals surface area (Å²) in [6.45, 7) is 1.95. The summed E-state index contributed by atoms with van der Waals surface area (Å²) < 4.78 is 27.3. The lowest BCUT2D eigenvalue weighted by molar-refractivity contribution is -0.895. The number of amides is 3. The average Bonchev–Trinajstić information content (AvgIpc) is 3.09. The van der Waals surface area contributed by atoms with Crippen LogP contribution >= 0.6 is 0 Å². The minimum atomic E-state index is -3.50. The average molecular weight is 381 g/mol. The van der Waals surface area contributed by atoms with E-state index in [9.17, 15) is 18.0 Å². The van der Waals surface area contributed by atoms with Gasteiger partial charge >= 0.3 is 6.03 Å². The van der Waals surface area contributed by atoms with E-state index < -0.39 is 16.1 Å². The molecule has 0 saturated carbocycles. The van der Waals surface area contributed by atoms with Gasteiger partial charge in [0.1, 0.15) is 0 Å². The molecule has 1 heterocycles. The summed E-state index contributed by atoms with van der Waals surface area (Å²) in [6.07, 6.45) is 3.05. The first-order valence-electron chi connectivity index (χ1n) is 8.87. The van der Waals surface area contributed by atoms with Crippen LogP contribution in [0.3, 0.4) is 0 Å². The number of quaternary nitrogens is 1. The van der Waals surface area contributed by atoms with Crippen LogP contribution in [-0.2, 0) is 27.7 Å². The molecule has 0 aromatic heterocycles. The van der Waals surface area contributed by atoms with Crippen LogP contribution in [0, 0.1) is 0 Å². The molecule has 1 fully saturated rings. The smallest absolute Gasteiger partial charge is 0.321 e. The highest BCUT2D eigenvalue weighted by Crippen LogP contribution is 2.26. The topological polar surface area (TPSA) is 100 Å². The molecular formula is C17H25N4O4S+. The highest BCUT2D eigenvalue weighted by molar-refractivity contribution is 7.89. The number of nitrogens with one attached hydrogen (secondary N) is 3. The van der Waals surface area contributed by atoms with Crippen LogP contribution in [0.5, 0.6) is 0 Å². The van der Waals surface area contributed by atoms with E-state index in [2.05, 4.69) is 10.6 Å². The second-order valence-electron chi connectivity index (χ2n) is 6.74. The van der Waals surface area contributed by atoms with Crippen molar-refractivity contribution in [1.29, 1.82) is 0 Å². The van der Waals surface area contributed by atoms with Gasteiger partial charge in [-0.05, 0) is 42.5 Å². The Labute approximate surface area is 153 Å². The maximum absolute atomic E-state index is 12.9. The van der Waals surface area contributed by atoms with E-state index in [0.29, 0.717) is 31.1 Å². The lowest BCUT2D eigenvalue weighted by Crippen LogP contribution is -3.15. The van der Waals surface area contributed by atoms with Crippen molar-refractivity contribution in [3.8, 4) is 0 Å². The van der Waals surface area contributed by atoms with Crippen molar-refractivity contribution in [3.63, 3.8) is 0 Å². The summed E-state index contributed by atoms with van der Waals surface area (Å²) in [5.74, 6) is -0.366. The van der Waals surface area contributed by atoms with Crippen molar-refractivity contribution in [2.24, 2.45) is 0 Å². The minimum absolute atomic E-state index is 0.153. The fourth-order valence-corrected chi connectivity index (χ4v) is 5.03. The van der Waals surface area contributed by atoms with Crippen LogP contribution in [0.15, 0.2) is 23.1 Å². The van der Waals surface area contributed by atoms with Gasteiger partial charge in [0.25, 0.3) is 5.91 Å². The third-order valence-corrected chi connectivity index (χ3v) is 6.92. The number of fused-ring (bicyclic) bond motifs is 1. The Hall–Kier alpha value is -1.97. The minimum Gasteiger partial charge on any atom is -0.341 e. The van der Waals surface area contributed by atoms with Gasteiger partial charge in [0.2, 0.25) is 10.0 Å². The van der Waals surface area contributed by atoms with E-state index in [0.717, 1.165) is 29.7 Å². The molecule has 0 bridgehead atoms. The van der Waals surface area contributed by atoms with Gasteiger partial charge in [-0.3, -0.25) is 10.1 Å². The Morgan fingerprint density at radius 3 is 2.54 bits per heavy atom. The second kappa shape index (κ2) is 7.73. The molecule has 3 N–H and O–H groups in total. The number of nitrogens with zero attached hydrogens (tertiary/aromatic N) is 1. The monoisotopic (exact) mass is 381 g/mol. The van der Waals surface area contributed by atoms with Gasteiger partial charge < -0.3 is 10.2 Å². The largest absolute Gasteiger partial charge is 0.341 e. The zero-order valence-electron chi connectivity index (χ0n) is 14.9. The van der Waals surface area contributed by atoms with Crippen LogP contribution in [-0.4, -0.2) is 64.4 Å². The number of imide groups is 1. The number of carbonyl (C=O) groups is 2. The quantitative estimate of drug-likeness (QED) is 0.592. The summed E-state index contributed by atoms with van der Waals surface area (Å²) >= 11 is 0. The number of piperazine rings is 1. The van der Waals surface area contributed by atoms with Gasteiger partial charge in [0.15, 0.2) is 6.54 Å². The van der Waals surface area contributed by atoms with Crippen molar-refractivity contribution in [2.45, 2.75) is 24.2 Å². The van der Waals surface area contributed by atoms with Crippen molar-refractivity contribution >= 4 is 22.0 Å². The standard InChI is InChI=1S/C17H24N4O4S/c1-18-17(23)19-16(22)12-20-7-9-21(10-8-20)26(24,25)15-6-5-13-3-2-4-14(13)11-15/h5-6,11H,2-4,7-10,12H2,1H3,(H2,18,19,22,23)/p+1. The second-order valence-corrected chi connectivity index (χ2v) is 8.68. The Kier molecular flexibility index (Phi) is 5.59. The first kappa shape index (κ1) is 18.8. The SMILES string of the molecule is CNC(=O)NC(=O)C[NH+]1CCN(S(=O)(=O)c2ccc3c(c2)CCC3)CC1. The molecule has 9 heteroatoms. The maximum Gasteiger partial charge on any atom is 0.321 e. The summed E-state index contributed by atoms with van der Waals surface area (Å²) in [5.41, 5.74) is 2.39.